The van der Waals surface area contributed by atoms with Gasteiger partial charge in [0.25, 0.3) is 0 Å². The van der Waals surface area contributed by atoms with Crippen LogP contribution in [0.25, 0.3) is 0 Å². The van der Waals surface area contributed by atoms with Crippen LogP contribution in [-0.2, 0) is 85.8 Å². The van der Waals surface area contributed by atoms with E-state index in [9.17, 15) is 132 Å². The molecule has 5 rings (SSSR count). The first-order chi connectivity index (χ1) is 42.1. The molecule has 0 heterocycles. The zero-order valence-electron chi connectivity index (χ0n) is 54.7. The Bertz CT molecular complexity index is 3400. The number of likely N-dealkylation sites (N-methyl/N-ethyl adjacent to an activating group) is 4. The predicted octanol–water partition coefficient (Wildman–Crippen LogP) is -10.5. The number of fused-ring (bicyclic) bond motifs is 8. The van der Waals surface area contributed by atoms with Crippen LogP contribution >= 0.6 is 0 Å². The summed E-state index contributed by atoms with van der Waals surface area (Å²) in [6.45, 7) is 1.02. The largest absolute Gasteiger partial charge is 1.00 e. The summed E-state index contributed by atoms with van der Waals surface area (Å²) in [6.07, 6.45) is -4.42. The number of nitrogens with zero attached hydrogens (tertiary/aromatic N) is 4. The van der Waals surface area contributed by atoms with Gasteiger partial charge in [-0.15, -0.1) is 0 Å². The smallest absolute Gasteiger partial charge is 0.748 e. The maximum Gasteiger partial charge on any atom is 1.00 e. The maximum atomic E-state index is 12.9. The zero-order valence-corrected chi connectivity index (χ0v) is 66.0. The van der Waals surface area contributed by atoms with Gasteiger partial charge < -0.3 is 79.5 Å². The van der Waals surface area contributed by atoms with E-state index in [1.54, 1.807) is 0 Å². The van der Waals surface area contributed by atoms with Gasteiger partial charge >= 0.3 is 142 Å². The van der Waals surface area contributed by atoms with Crippen molar-refractivity contribution in [2.45, 2.75) is 127 Å². The van der Waals surface area contributed by atoms with Gasteiger partial charge in [0.15, 0.2) is 0 Å². The van der Waals surface area contributed by atoms with Gasteiger partial charge in [-0.25, -0.2) is 33.7 Å². The van der Waals surface area contributed by atoms with Crippen LogP contribution in [0.2, 0.25) is 0 Å². The molecule has 0 fully saturated rings. The summed E-state index contributed by atoms with van der Waals surface area (Å²) in [6, 6.07) is -2.94. The number of aromatic hydroxyl groups is 8. The quantitative estimate of drug-likeness (QED) is 0.0186. The number of hydrogen-bond acceptors (Lipinski definition) is 28. The molecule has 8 bridgehead atoms. The number of phenolic OH excluding ortho intramolecular Hbond substituents is 8. The molecule has 12 N–H and O–H groups in total. The summed E-state index contributed by atoms with van der Waals surface area (Å²) in [5.74, 6) is -29.4. The summed E-state index contributed by atoms with van der Waals surface area (Å²) in [5, 5.41) is 142. The van der Waals surface area contributed by atoms with E-state index in [0.29, 0.717) is 0 Å². The molecule has 0 spiro atoms. The first-order valence-corrected chi connectivity index (χ1v) is 34.2. The fourth-order valence-electron chi connectivity index (χ4n) is 11.0. The Kier molecular flexibility index (Phi) is 34.0. The van der Waals surface area contributed by atoms with Crippen LogP contribution in [0.4, 0.5) is 0 Å². The number of benzene rings is 4. The summed E-state index contributed by atoms with van der Waals surface area (Å²) in [5.41, 5.74) is -8.79. The van der Waals surface area contributed by atoms with Gasteiger partial charge in [-0.05, 0) is 106 Å². The number of carboxylic acids is 4. The molecule has 0 amide bonds. The number of carbonyl (C=O) groups is 4. The van der Waals surface area contributed by atoms with Crippen molar-refractivity contribution < 1.29 is 251 Å². The topological polar surface area (TPSA) is 553 Å². The van der Waals surface area contributed by atoms with Crippen LogP contribution in [0.5, 0.6) is 46.0 Å². The molecule has 1 aliphatic carbocycles. The van der Waals surface area contributed by atoms with Crippen molar-refractivity contribution in [3.63, 3.8) is 0 Å². The monoisotopic (exact) mass is 1470 g/mol. The second kappa shape index (κ2) is 36.0. The average Bonchev–Trinajstić information content (AvgIpc) is 0.742. The predicted molar refractivity (Wildman–Crippen MR) is 317 cm³/mol. The fourth-order valence-corrected chi connectivity index (χ4v) is 13.1. The van der Waals surface area contributed by atoms with E-state index in [2.05, 4.69) is 0 Å². The Labute approximate surface area is 643 Å². The van der Waals surface area contributed by atoms with Gasteiger partial charge in [0, 0.05) is 117 Å². The Morgan fingerprint density at radius 1 is 0.333 bits per heavy atom. The van der Waals surface area contributed by atoms with Gasteiger partial charge in [-0.1, -0.05) is 0 Å². The molecular formula is C56H72N4Na4O28S4. The van der Waals surface area contributed by atoms with Gasteiger partial charge in [-0.2, -0.15) is 0 Å². The van der Waals surface area contributed by atoms with Crippen molar-refractivity contribution in [2.24, 2.45) is 0 Å². The number of rotatable bonds is 28. The molecule has 1 aliphatic rings. The van der Waals surface area contributed by atoms with Gasteiger partial charge in [0.1, 0.15) is 70.2 Å². The molecule has 0 radical (unpaired) electrons. The third-order valence-corrected chi connectivity index (χ3v) is 20.0. The van der Waals surface area contributed by atoms with E-state index in [4.69, 9.17) is 0 Å². The summed E-state index contributed by atoms with van der Waals surface area (Å²) >= 11 is 0. The molecule has 0 aromatic heterocycles. The van der Waals surface area contributed by atoms with Crippen molar-refractivity contribution >= 4 is 64.3 Å². The molecule has 0 saturated heterocycles. The number of carboxylic acid groups (broad SMARTS) is 4. The van der Waals surface area contributed by atoms with E-state index in [1.165, 1.54) is 0 Å². The SMILES string of the molecule is C[C@@H](C(=O)O)N(C)Cc1c(O)c2cc(c1O)C(CCS(=O)(=O)[O-])c1cc(c(O)c(CN(C)[C@@H](C)C(=O)O)c1O)C(CCS(=O)(=O)[O-])c1cc(c(O)c(CN(C)[C@@H](C)C(=O)O)c1O)C(CCS(=O)(=O)[O-])c1cc(c(O)c(CN(C)[C@@H](C)C(=O)O)c1O)C2CCS(=O)(=O)[O-].[Na+].[Na+].[Na+].[Na+]. The third-order valence-electron chi connectivity index (χ3n) is 17.1. The van der Waals surface area contributed by atoms with Gasteiger partial charge in [0.2, 0.25) is 0 Å². The molecule has 0 aliphatic heterocycles. The van der Waals surface area contributed by atoms with E-state index in [0.717, 1.165) is 99.8 Å². The molecule has 40 heteroatoms. The molecule has 0 saturated carbocycles. The minimum absolute atomic E-state index is 0. The normalized spacial score (nSPS) is 17.1. The molecule has 512 valence electrons. The number of hydrogen-bond donors (Lipinski definition) is 12. The summed E-state index contributed by atoms with van der Waals surface area (Å²) < 4.78 is 154. The Morgan fingerprint density at radius 2 is 0.458 bits per heavy atom. The van der Waals surface area contributed by atoms with Crippen LogP contribution in [0.1, 0.15) is 144 Å². The van der Waals surface area contributed by atoms with E-state index >= 15 is 0 Å². The van der Waals surface area contributed by atoms with Gasteiger partial charge in [0.05, 0.1) is 62.7 Å². The van der Waals surface area contributed by atoms with E-state index in [1.807, 2.05) is 0 Å². The molecule has 96 heavy (non-hydrogen) atoms. The van der Waals surface area contributed by atoms with Crippen molar-refractivity contribution in [3.05, 3.63) is 91.0 Å². The first-order valence-electron chi connectivity index (χ1n) is 27.9. The molecule has 4 aromatic rings. The molecule has 4 aromatic carbocycles. The second-order valence-corrected chi connectivity index (χ2v) is 29.1. The molecular weight excluding hydrogens is 1400 g/mol. The molecule has 4 atom stereocenters. The standard InChI is InChI=1S/C56H76N4O28S4.4Na/c1-25(53(69)70)57(5)21-41-45(61)33-17-34(46(41)62)30(10-14-90(80,81)82)36-19-38(50(66)43(48(36)64)23-59(7)27(3)55(73)74)32(12-16-92(86,87)88)40-20-39(51(67)44(52(40)68)24-60(8)28(4)56(75)76)31(11-15-91(83,84)85)37-18-35(29(33)9-13-89(77,78)79)47(63)42(49(37)65)22-58(6)26(2)54(71)72;;;;/h17-20,25-32,61-68H,9-16,21-24H2,1-8H3,(H,69,70)(H,71,72)(H,73,74)(H,75,76)(H,77,78,79)(H,80,81,82)(H,83,84,85)(H,86,87,88);;;;/q;4*+1/p-4/t25-,26-,27-,28-,29?,30?,31?,32?;;;;/m0..../s1. The number of phenols is 8. The summed E-state index contributed by atoms with van der Waals surface area (Å²) in [7, 11) is -17.3. The number of aliphatic carboxylic acids is 4. The van der Waals surface area contributed by atoms with Crippen molar-refractivity contribution in [3.8, 4) is 46.0 Å². The maximum absolute atomic E-state index is 12.9. The summed E-state index contributed by atoms with van der Waals surface area (Å²) in [4.78, 5) is 53.8. The average molecular weight is 1470 g/mol. The van der Waals surface area contributed by atoms with Crippen LogP contribution in [0.15, 0.2) is 24.3 Å². The Balaban J connectivity index is 0.0000115. The van der Waals surface area contributed by atoms with Crippen LogP contribution in [-0.4, -0.2) is 232 Å². The van der Waals surface area contributed by atoms with Crippen LogP contribution < -0.4 is 118 Å². The van der Waals surface area contributed by atoms with Crippen molar-refractivity contribution in [2.75, 3.05) is 51.2 Å². The van der Waals surface area contributed by atoms with Gasteiger partial charge in [-0.3, -0.25) is 38.8 Å². The van der Waals surface area contributed by atoms with Crippen LogP contribution in [0, 0.1) is 0 Å². The van der Waals surface area contributed by atoms with Crippen molar-refractivity contribution in [1.82, 2.24) is 19.6 Å². The minimum atomic E-state index is -5.47. The third kappa shape index (κ3) is 22.3. The van der Waals surface area contributed by atoms with E-state index < -0.39 is 300 Å². The second-order valence-electron chi connectivity index (χ2n) is 23.1. The van der Waals surface area contributed by atoms with E-state index in [-0.39, 0.29) is 118 Å². The minimum Gasteiger partial charge on any atom is -0.748 e. The zero-order chi connectivity index (χ0) is 70.1. The Hall–Kier alpha value is -3.36. The van der Waals surface area contributed by atoms with Crippen molar-refractivity contribution in [1.29, 1.82) is 0 Å². The fraction of sp³-hybridized carbons (Fsp3) is 0.500. The molecule has 0 unspecified atom stereocenters. The first kappa shape index (κ1) is 90.7. The Morgan fingerprint density at radius 3 is 0.562 bits per heavy atom. The molecule has 32 nitrogen and oxygen atoms in total. The van der Waals surface area contributed by atoms with Crippen LogP contribution in [0.3, 0.4) is 0 Å².